The summed E-state index contributed by atoms with van der Waals surface area (Å²) >= 11 is 18.6. The molecule has 0 radical (unpaired) electrons. The first kappa shape index (κ1) is 21.4. The Balaban J connectivity index is 1.99. The van der Waals surface area contributed by atoms with Crippen molar-refractivity contribution in [1.82, 2.24) is 14.3 Å². The minimum Gasteiger partial charge on any atom is -0.318 e. The Labute approximate surface area is 179 Å². The van der Waals surface area contributed by atoms with Crippen LogP contribution in [-0.2, 0) is 23.0 Å². The van der Waals surface area contributed by atoms with Crippen LogP contribution in [0.15, 0.2) is 18.2 Å². The third kappa shape index (κ3) is 4.82. The van der Waals surface area contributed by atoms with Gasteiger partial charge in [0.1, 0.15) is 11.5 Å². The van der Waals surface area contributed by atoms with E-state index in [1.807, 2.05) is 6.92 Å². The molecule has 10 heteroatoms. The summed E-state index contributed by atoms with van der Waals surface area (Å²) in [4.78, 5) is 17.1. The molecular weight excluding hydrogens is 445 g/mol. The van der Waals surface area contributed by atoms with E-state index in [1.54, 1.807) is 22.8 Å². The minimum absolute atomic E-state index is 0.00744. The first-order chi connectivity index (χ1) is 13.2. The van der Waals surface area contributed by atoms with Crippen LogP contribution < -0.4 is 4.72 Å². The maximum Gasteiger partial charge on any atom is 0.284 e. The standard InChI is InChI=1S/C18H20Cl3N3O3S/c1-2-3-4-15-22-17(21)16(18(25)23-28(26,27)13-6-7-13)24(15)10-11-9-12(19)5-8-14(11)20/h5,8-9,13H,2-4,6-7,10H2,1H3,(H,23,25). The van der Waals surface area contributed by atoms with Gasteiger partial charge in [0, 0.05) is 16.5 Å². The molecule has 1 aliphatic carbocycles. The van der Waals surface area contributed by atoms with E-state index in [1.165, 1.54) is 0 Å². The smallest absolute Gasteiger partial charge is 0.284 e. The summed E-state index contributed by atoms with van der Waals surface area (Å²) in [6.45, 7) is 2.24. The van der Waals surface area contributed by atoms with Crippen molar-refractivity contribution in [2.45, 2.75) is 50.8 Å². The van der Waals surface area contributed by atoms with E-state index in [9.17, 15) is 13.2 Å². The molecule has 1 aromatic carbocycles. The third-order valence-corrected chi connectivity index (χ3v) is 7.19. The quantitative estimate of drug-likeness (QED) is 0.625. The molecule has 2 aromatic rings. The van der Waals surface area contributed by atoms with Gasteiger partial charge in [-0.1, -0.05) is 48.1 Å². The third-order valence-electron chi connectivity index (χ3n) is 4.51. The zero-order chi connectivity index (χ0) is 20.5. The highest BCUT2D eigenvalue weighted by atomic mass is 35.5. The van der Waals surface area contributed by atoms with Gasteiger partial charge in [-0.05, 0) is 43.0 Å². The summed E-state index contributed by atoms with van der Waals surface area (Å²) in [5.41, 5.74) is 0.688. The SMILES string of the molecule is CCCCc1nc(Cl)c(C(=O)NS(=O)(=O)C2CC2)n1Cc1cc(Cl)ccc1Cl. The second kappa shape index (κ2) is 8.61. The highest BCUT2D eigenvalue weighted by molar-refractivity contribution is 7.91. The number of amides is 1. The molecule has 0 unspecified atom stereocenters. The average Bonchev–Trinajstić information content (AvgIpc) is 3.42. The van der Waals surface area contributed by atoms with Crippen molar-refractivity contribution in [2.24, 2.45) is 0 Å². The number of rotatable bonds is 8. The Bertz CT molecular complexity index is 1000. The van der Waals surface area contributed by atoms with Gasteiger partial charge >= 0.3 is 0 Å². The molecular formula is C18H20Cl3N3O3S. The number of unbranched alkanes of at least 4 members (excludes halogenated alkanes) is 1. The van der Waals surface area contributed by atoms with Gasteiger partial charge < -0.3 is 4.57 Å². The van der Waals surface area contributed by atoms with Crippen LogP contribution >= 0.6 is 34.8 Å². The molecule has 1 saturated carbocycles. The van der Waals surface area contributed by atoms with E-state index < -0.39 is 21.2 Å². The minimum atomic E-state index is -3.71. The Morgan fingerprint density at radius 3 is 2.64 bits per heavy atom. The number of nitrogens with zero attached hydrogens (tertiary/aromatic N) is 2. The van der Waals surface area contributed by atoms with E-state index in [4.69, 9.17) is 34.8 Å². The Morgan fingerprint density at radius 1 is 1.29 bits per heavy atom. The molecule has 1 heterocycles. The van der Waals surface area contributed by atoms with Gasteiger partial charge in [-0.3, -0.25) is 4.79 Å². The summed E-state index contributed by atoms with van der Waals surface area (Å²) in [6.07, 6.45) is 3.47. The van der Waals surface area contributed by atoms with Gasteiger partial charge in [-0.2, -0.15) is 0 Å². The van der Waals surface area contributed by atoms with Crippen LogP contribution in [0.2, 0.25) is 15.2 Å². The van der Waals surface area contributed by atoms with Gasteiger partial charge in [0.15, 0.2) is 5.15 Å². The summed E-state index contributed by atoms with van der Waals surface area (Å²) in [5.74, 6) is -0.192. The fourth-order valence-electron chi connectivity index (χ4n) is 2.85. The van der Waals surface area contributed by atoms with Crippen molar-refractivity contribution in [3.05, 3.63) is 50.5 Å². The number of hydrogen-bond donors (Lipinski definition) is 1. The molecule has 152 valence electrons. The first-order valence-corrected chi connectivity index (χ1v) is 11.7. The number of benzene rings is 1. The van der Waals surface area contributed by atoms with Gasteiger partial charge in [-0.15, -0.1) is 0 Å². The summed E-state index contributed by atoms with van der Waals surface area (Å²) in [6, 6.07) is 5.03. The second-order valence-corrected chi connectivity index (χ2v) is 9.93. The number of aromatic nitrogens is 2. The molecule has 1 amide bonds. The summed E-state index contributed by atoms with van der Waals surface area (Å²) < 4.78 is 28.1. The summed E-state index contributed by atoms with van der Waals surface area (Å²) in [7, 11) is -3.71. The molecule has 0 bridgehead atoms. The van der Waals surface area contributed by atoms with Crippen LogP contribution in [0.25, 0.3) is 0 Å². The van der Waals surface area contributed by atoms with E-state index >= 15 is 0 Å². The van der Waals surface area contributed by atoms with Crippen molar-refractivity contribution < 1.29 is 13.2 Å². The van der Waals surface area contributed by atoms with Crippen LogP contribution in [0.1, 0.15) is 54.5 Å². The maximum atomic E-state index is 12.8. The normalized spacial score (nSPS) is 14.3. The van der Waals surface area contributed by atoms with E-state index in [2.05, 4.69) is 9.71 Å². The van der Waals surface area contributed by atoms with Crippen molar-refractivity contribution in [3.63, 3.8) is 0 Å². The molecule has 1 fully saturated rings. The number of halogens is 3. The highest BCUT2D eigenvalue weighted by Gasteiger charge is 2.38. The Kier molecular flexibility index (Phi) is 6.59. The zero-order valence-electron chi connectivity index (χ0n) is 15.2. The average molecular weight is 465 g/mol. The van der Waals surface area contributed by atoms with E-state index in [-0.39, 0.29) is 17.4 Å². The lowest BCUT2D eigenvalue weighted by Crippen LogP contribution is -2.35. The molecule has 0 aliphatic heterocycles. The van der Waals surface area contributed by atoms with Crippen LogP contribution in [0.5, 0.6) is 0 Å². The van der Waals surface area contributed by atoms with E-state index in [0.29, 0.717) is 40.7 Å². The molecule has 1 aromatic heterocycles. The maximum absolute atomic E-state index is 12.8. The Morgan fingerprint density at radius 2 is 2.00 bits per heavy atom. The van der Waals surface area contributed by atoms with Crippen molar-refractivity contribution in [2.75, 3.05) is 0 Å². The molecule has 3 rings (SSSR count). The van der Waals surface area contributed by atoms with Crippen molar-refractivity contribution in [1.29, 1.82) is 0 Å². The van der Waals surface area contributed by atoms with Crippen LogP contribution in [0, 0.1) is 0 Å². The fraction of sp³-hybridized carbons (Fsp3) is 0.444. The molecule has 1 aliphatic rings. The fourth-order valence-corrected chi connectivity index (χ4v) is 4.79. The van der Waals surface area contributed by atoms with Crippen molar-refractivity contribution in [3.8, 4) is 0 Å². The zero-order valence-corrected chi connectivity index (χ0v) is 18.3. The van der Waals surface area contributed by atoms with Gasteiger partial charge in [-0.25, -0.2) is 18.1 Å². The van der Waals surface area contributed by atoms with Crippen LogP contribution in [0.4, 0.5) is 0 Å². The van der Waals surface area contributed by atoms with Gasteiger partial charge in [0.2, 0.25) is 10.0 Å². The van der Waals surface area contributed by atoms with Gasteiger partial charge in [0.05, 0.1) is 11.8 Å². The molecule has 6 nitrogen and oxygen atoms in total. The number of aryl methyl sites for hydroxylation is 1. The molecule has 0 saturated heterocycles. The number of imidazole rings is 1. The van der Waals surface area contributed by atoms with E-state index in [0.717, 1.165) is 12.8 Å². The van der Waals surface area contributed by atoms with Crippen LogP contribution in [0.3, 0.4) is 0 Å². The number of nitrogens with one attached hydrogen (secondary N) is 1. The largest absolute Gasteiger partial charge is 0.318 e. The lowest BCUT2D eigenvalue weighted by molar-refractivity contribution is 0.0972. The lowest BCUT2D eigenvalue weighted by atomic mass is 10.2. The van der Waals surface area contributed by atoms with Crippen molar-refractivity contribution >= 4 is 50.7 Å². The Hall–Kier alpha value is -1.28. The number of sulfonamides is 1. The molecule has 28 heavy (non-hydrogen) atoms. The number of carbonyl (C=O) groups excluding carboxylic acids is 1. The molecule has 0 atom stereocenters. The van der Waals surface area contributed by atoms with Crippen LogP contribution in [-0.4, -0.2) is 29.1 Å². The predicted octanol–water partition coefficient (Wildman–Crippen LogP) is 4.46. The summed E-state index contributed by atoms with van der Waals surface area (Å²) in [5, 5.41) is 0.428. The lowest BCUT2D eigenvalue weighted by Gasteiger charge is -2.14. The first-order valence-electron chi connectivity index (χ1n) is 8.97. The molecule has 1 N–H and O–H groups in total. The predicted molar refractivity (Wildman–Crippen MR) is 111 cm³/mol. The number of hydrogen-bond acceptors (Lipinski definition) is 4. The topological polar surface area (TPSA) is 81.1 Å². The number of carbonyl (C=O) groups is 1. The van der Waals surface area contributed by atoms with Gasteiger partial charge in [0.25, 0.3) is 5.91 Å². The molecule has 0 spiro atoms. The highest BCUT2D eigenvalue weighted by Crippen LogP contribution is 2.29. The second-order valence-electron chi connectivity index (χ2n) is 6.77. The monoisotopic (exact) mass is 463 g/mol.